The number of aromatic amines is 1. The van der Waals surface area contributed by atoms with E-state index in [1.807, 2.05) is 0 Å². The monoisotopic (exact) mass is 541 g/mol. The van der Waals surface area contributed by atoms with E-state index in [0.29, 0.717) is 0 Å². The molecule has 0 radical (unpaired) electrons. The number of ether oxygens (including phenoxy) is 1. The maximum absolute atomic E-state index is 14.5. The molecule has 3 unspecified atom stereocenters. The lowest BCUT2D eigenvalue weighted by atomic mass is 10.1. The minimum Gasteiger partial charge on any atom is -0.385 e. The Morgan fingerprint density at radius 2 is 1.97 bits per heavy atom. The Kier molecular flexibility index (Phi) is 7.07. The number of H-pyrrole nitrogens is 1. The summed E-state index contributed by atoms with van der Waals surface area (Å²) in [5.74, 6) is -0.280. The number of aliphatic hydroxyl groups is 1. The highest BCUT2D eigenvalue weighted by Gasteiger charge is 2.47. The topological polar surface area (TPSA) is 262 Å². The highest BCUT2D eigenvalue weighted by atomic mass is 32.5. The second-order valence-corrected chi connectivity index (χ2v) is 12.0. The van der Waals surface area contributed by atoms with Crippen molar-refractivity contribution in [1.29, 1.82) is 0 Å². The normalized spacial score (nSPS) is 27.9. The molecule has 8 N–H and O–H groups in total. The van der Waals surface area contributed by atoms with Crippen molar-refractivity contribution in [2.24, 2.45) is 0 Å². The van der Waals surface area contributed by atoms with Gasteiger partial charge in [0.25, 0.3) is 5.56 Å². The molecule has 6 atom stereocenters. The lowest BCUT2D eigenvalue weighted by Crippen LogP contribution is -2.30. The number of nitrogens with zero attached hydrogens (tertiary/aromatic N) is 3. The predicted molar refractivity (Wildman–Crippen MR) is 104 cm³/mol. The standard InChI is InChI=1S/C10H15FN5O12P3S/c11-4-3(1-25-31(24,32)28-30(22,23)27-29(19,20)21)26-9(6(4)17)16-2-13-5-7(16)14-10(12)15-8(5)18/h2-4,6,9,17H,1H2,(H,22,23)(H,24,32)(H2,19,20,21)(H3,12,14,15,18)/t3-,4?,6+,9-,31?/m1/s1. The second-order valence-electron chi connectivity index (χ2n) is 6.16. The Morgan fingerprint density at radius 1 is 1.31 bits per heavy atom. The second kappa shape index (κ2) is 8.88. The van der Waals surface area contributed by atoms with Crippen molar-refractivity contribution < 1.29 is 56.1 Å². The van der Waals surface area contributed by atoms with Gasteiger partial charge < -0.3 is 39.7 Å². The summed E-state index contributed by atoms with van der Waals surface area (Å²) in [5, 5.41) is 10.2. The molecular formula is C10H15FN5O12P3S. The Bertz CT molecular complexity index is 1220. The molecule has 0 aromatic carbocycles. The van der Waals surface area contributed by atoms with E-state index in [9.17, 15) is 33.2 Å². The number of phosphoric acid groups is 2. The number of anilines is 1. The van der Waals surface area contributed by atoms with E-state index in [1.54, 1.807) is 0 Å². The molecule has 180 valence electrons. The van der Waals surface area contributed by atoms with Gasteiger partial charge in [-0.15, -0.1) is 0 Å². The molecule has 0 amide bonds. The van der Waals surface area contributed by atoms with Gasteiger partial charge in [0, 0.05) is 0 Å². The number of imidazole rings is 1. The number of aromatic nitrogens is 4. The van der Waals surface area contributed by atoms with Crippen LogP contribution in [0.2, 0.25) is 0 Å². The summed E-state index contributed by atoms with van der Waals surface area (Å²) >= 11 is 4.42. The van der Waals surface area contributed by atoms with Crippen molar-refractivity contribution in [3.05, 3.63) is 16.7 Å². The first kappa shape index (κ1) is 25.5. The predicted octanol–water partition coefficient (Wildman–Crippen LogP) is -1.24. The first-order valence-corrected chi connectivity index (χ1v) is 13.7. The summed E-state index contributed by atoms with van der Waals surface area (Å²) < 4.78 is 55.2. The third kappa shape index (κ3) is 5.84. The van der Waals surface area contributed by atoms with Gasteiger partial charge in [0.2, 0.25) is 5.95 Å². The number of aliphatic hydroxyl groups excluding tert-OH is 1. The lowest BCUT2D eigenvalue weighted by molar-refractivity contribution is -0.0474. The van der Waals surface area contributed by atoms with Gasteiger partial charge >= 0.3 is 22.4 Å². The molecule has 1 aliphatic heterocycles. The van der Waals surface area contributed by atoms with E-state index < -0.39 is 59.1 Å². The molecule has 3 rings (SSSR count). The zero-order chi connectivity index (χ0) is 24.1. The average molecular weight is 541 g/mol. The van der Waals surface area contributed by atoms with Crippen molar-refractivity contribution in [2.45, 2.75) is 24.6 Å². The molecule has 3 heterocycles. The molecule has 0 aliphatic carbocycles. The minimum absolute atomic E-state index is 0.129. The number of hydrogen-bond acceptors (Lipinski definition) is 12. The van der Waals surface area contributed by atoms with Crippen molar-refractivity contribution in [3.63, 3.8) is 0 Å². The van der Waals surface area contributed by atoms with E-state index in [-0.39, 0.29) is 17.1 Å². The summed E-state index contributed by atoms with van der Waals surface area (Å²) in [4.78, 5) is 57.8. The molecule has 0 saturated carbocycles. The van der Waals surface area contributed by atoms with E-state index >= 15 is 0 Å². The maximum Gasteiger partial charge on any atom is 0.488 e. The number of halogens is 1. The van der Waals surface area contributed by atoms with Crippen LogP contribution in [0.25, 0.3) is 11.2 Å². The molecular weight excluding hydrogens is 526 g/mol. The Hall–Kier alpha value is -1.17. The number of hydrogen-bond donors (Lipinski definition) is 7. The van der Waals surface area contributed by atoms with Crippen LogP contribution in [0.15, 0.2) is 11.1 Å². The van der Waals surface area contributed by atoms with Gasteiger partial charge in [0.05, 0.1) is 12.9 Å². The number of rotatable bonds is 8. The number of nitrogens with two attached hydrogens (primary N) is 1. The molecule has 0 bridgehead atoms. The highest BCUT2D eigenvalue weighted by molar-refractivity contribution is 8.08. The van der Waals surface area contributed by atoms with Gasteiger partial charge in [0.1, 0.15) is 12.2 Å². The van der Waals surface area contributed by atoms with Gasteiger partial charge in [-0.05, 0) is 11.8 Å². The van der Waals surface area contributed by atoms with Gasteiger partial charge in [-0.2, -0.15) is 9.29 Å². The first-order valence-electron chi connectivity index (χ1n) is 8.07. The maximum atomic E-state index is 14.5. The number of fused-ring (bicyclic) bond motifs is 1. The lowest BCUT2D eigenvalue weighted by Gasteiger charge is -2.21. The van der Waals surface area contributed by atoms with Crippen LogP contribution in [0.5, 0.6) is 0 Å². The van der Waals surface area contributed by atoms with Crippen LogP contribution < -0.4 is 11.3 Å². The van der Waals surface area contributed by atoms with Crippen molar-refractivity contribution >= 4 is 51.3 Å². The Morgan fingerprint density at radius 3 is 2.59 bits per heavy atom. The highest BCUT2D eigenvalue weighted by Crippen LogP contribution is 2.66. The summed E-state index contributed by atoms with van der Waals surface area (Å²) in [5.41, 5.74) is 4.47. The first-order chi connectivity index (χ1) is 14.6. The molecule has 1 fully saturated rings. The van der Waals surface area contributed by atoms with Crippen molar-refractivity contribution in [1.82, 2.24) is 19.5 Å². The number of alkyl halides is 1. The van der Waals surface area contributed by atoms with Gasteiger partial charge in [-0.3, -0.25) is 14.3 Å². The van der Waals surface area contributed by atoms with Crippen LogP contribution in [-0.4, -0.2) is 69.2 Å². The van der Waals surface area contributed by atoms with Gasteiger partial charge in [-0.25, -0.2) is 22.8 Å². The van der Waals surface area contributed by atoms with Crippen LogP contribution in [0.4, 0.5) is 10.3 Å². The van der Waals surface area contributed by atoms with Gasteiger partial charge in [-0.1, -0.05) is 0 Å². The molecule has 1 saturated heterocycles. The van der Waals surface area contributed by atoms with Crippen LogP contribution in [0, 0.1) is 0 Å². The third-order valence-electron chi connectivity index (χ3n) is 3.83. The summed E-state index contributed by atoms with van der Waals surface area (Å²) in [7, 11) is -11.0. The van der Waals surface area contributed by atoms with E-state index in [1.165, 1.54) is 0 Å². The number of nitrogen functional groups attached to an aromatic ring is 1. The van der Waals surface area contributed by atoms with Crippen LogP contribution in [-0.2, 0) is 38.8 Å². The van der Waals surface area contributed by atoms with Crippen molar-refractivity contribution in [3.8, 4) is 0 Å². The molecule has 1 aliphatic rings. The summed E-state index contributed by atoms with van der Waals surface area (Å²) in [6, 6.07) is 0. The van der Waals surface area contributed by atoms with E-state index in [4.69, 9.17) is 20.3 Å². The van der Waals surface area contributed by atoms with E-state index in [0.717, 1.165) is 10.9 Å². The molecule has 22 heteroatoms. The van der Waals surface area contributed by atoms with Crippen LogP contribution in [0.1, 0.15) is 6.23 Å². The number of nitrogens with one attached hydrogen (secondary N) is 1. The Balaban J connectivity index is 1.72. The fraction of sp³-hybridized carbons (Fsp3) is 0.500. The average Bonchev–Trinajstić information content (AvgIpc) is 3.12. The summed E-state index contributed by atoms with van der Waals surface area (Å²) in [6.07, 6.45) is -6.05. The van der Waals surface area contributed by atoms with E-state index in [2.05, 4.69) is 39.9 Å². The molecule has 17 nitrogen and oxygen atoms in total. The Labute approximate surface area is 181 Å². The third-order valence-corrected chi connectivity index (χ3v) is 8.55. The molecule has 0 spiro atoms. The molecule has 2 aromatic heterocycles. The zero-order valence-electron chi connectivity index (χ0n) is 15.2. The van der Waals surface area contributed by atoms with Gasteiger partial charge in [0.15, 0.2) is 23.6 Å². The van der Waals surface area contributed by atoms with Crippen molar-refractivity contribution in [2.75, 3.05) is 12.3 Å². The molecule has 2 aromatic rings. The fourth-order valence-electron chi connectivity index (χ4n) is 2.67. The fourth-order valence-corrected chi connectivity index (χ4v) is 6.64. The molecule has 32 heavy (non-hydrogen) atoms. The van der Waals surface area contributed by atoms with Crippen LogP contribution in [0.3, 0.4) is 0 Å². The zero-order valence-corrected chi connectivity index (χ0v) is 18.7. The SMILES string of the molecule is Nc1nc2c(ncn2[C@@H]2O[C@H](COP(O)(=S)OP(=O)(O)OP(=O)(O)O)C(F)[C@@H]2O)c(=O)[nH]1. The smallest absolute Gasteiger partial charge is 0.385 e. The minimum atomic E-state index is -5.55. The largest absolute Gasteiger partial charge is 0.488 e. The summed E-state index contributed by atoms with van der Waals surface area (Å²) in [6.45, 7) is -5.63. The van der Waals surface area contributed by atoms with Crippen LogP contribution >= 0.6 is 22.4 Å². The quantitative estimate of drug-likeness (QED) is 0.193.